The van der Waals surface area contributed by atoms with E-state index >= 15 is 0 Å². The summed E-state index contributed by atoms with van der Waals surface area (Å²) in [5.74, 6) is 0.692. The van der Waals surface area contributed by atoms with Gasteiger partial charge in [-0.3, -0.25) is 4.79 Å². The number of fused-ring (bicyclic) bond motifs is 2. The van der Waals surface area contributed by atoms with Crippen LogP contribution in [-0.4, -0.2) is 19.1 Å². The molecule has 0 fully saturated rings. The van der Waals surface area contributed by atoms with Gasteiger partial charge in [0.15, 0.2) is 0 Å². The second-order valence-electron chi connectivity index (χ2n) is 8.72. The zero-order valence-corrected chi connectivity index (χ0v) is 20.5. The van der Waals surface area contributed by atoms with E-state index in [1.807, 2.05) is 27.0 Å². The van der Waals surface area contributed by atoms with Gasteiger partial charge in [0.25, 0.3) is 0 Å². The molecule has 4 rings (SSSR count). The maximum atomic E-state index is 12.5. The number of allylic oxidation sites excluding steroid dienone is 1. The summed E-state index contributed by atoms with van der Waals surface area (Å²) in [7, 11) is 0. The fourth-order valence-corrected chi connectivity index (χ4v) is 4.43. The van der Waals surface area contributed by atoms with Gasteiger partial charge in [0, 0.05) is 34.7 Å². The molecule has 3 aromatic carbocycles. The van der Waals surface area contributed by atoms with Crippen molar-refractivity contribution in [2.75, 3.05) is 13.2 Å². The fraction of sp³-hybridized carbons (Fsp3) is 0.300. The molecule has 0 aliphatic heterocycles. The first kappa shape index (κ1) is 23.6. The molecule has 0 aliphatic carbocycles. The molecule has 0 spiro atoms. The molecule has 0 unspecified atom stereocenters. The van der Waals surface area contributed by atoms with E-state index in [2.05, 4.69) is 60.8 Å². The van der Waals surface area contributed by atoms with Gasteiger partial charge in [0.1, 0.15) is 11.3 Å². The normalized spacial score (nSPS) is 11.8. The van der Waals surface area contributed by atoms with Crippen molar-refractivity contribution in [3.63, 3.8) is 0 Å². The van der Waals surface area contributed by atoms with Gasteiger partial charge in [0.2, 0.25) is 5.91 Å². The third-order valence-electron chi connectivity index (χ3n) is 6.25. The average molecular weight is 456 g/mol. The van der Waals surface area contributed by atoms with E-state index in [0.717, 1.165) is 63.8 Å². The smallest absolute Gasteiger partial charge is 0.244 e. The Kier molecular flexibility index (Phi) is 7.36. The van der Waals surface area contributed by atoms with Crippen molar-refractivity contribution < 1.29 is 13.9 Å². The maximum Gasteiger partial charge on any atom is 0.244 e. The van der Waals surface area contributed by atoms with E-state index in [4.69, 9.17) is 9.15 Å². The number of furan rings is 1. The van der Waals surface area contributed by atoms with Crippen LogP contribution in [0.5, 0.6) is 5.75 Å². The van der Waals surface area contributed by atoms with Crippen LogP contribution >= 0.6 is 0 Å². The predicted octanol–water partition coefficient (Wildman–Crippen LogP) is 7.67. The summed E-state index contributed by atoms with van der Waals surface area (Å²) in [6.45, 7) is 9.33. The Hall–Kier alpha value is -3.53. The summed E-state index contributed by atoms with van der Waals surface area (Å²) in [6, 6.07) is 16.9. The highest BCUT2D eigenvalue weighted by molar-refractivity contribution is 6.02. The van der Waals surface area contributed by atoms with E-state index < -0.39 is 0 Å². The monoisotopic (exact) mass is 455 g/mol. The number of rotatable bonds is 9. The first-order chi connectivity index (χ1) is 16.5. The Morgan fingerprint density at radius 3 is 2.62 bits per heavy atom. The van der Waals surface area contributed by atoms with Crippen molar-refractivity contribution in [2.24, 2.45) is 0 Å². The van der Waals surface area contributed by atoms with Gasteiger partial charge in [-0.2, -0.15) is 0 Å². The maximum absolute atomic E-state index is 12.5. The molecule has 4 nitrogen and oxygen atoms in total. The van der Waals surface area contributed by atoms with Gasteiger partial charge >= 0.3 is 0 Å². The van der Waals surface area contributed by atoms with Gasteiger partial charge in [-0.25, -0.2) is 0 Å². The topological polar surface area (TPSA) is 51.5 Å². The van der Waals surface area contributed by atoms with Gasteiger partial charge in [-0.15, -0.1) is 0 Å². The van der Waals surface area contributed by atoms with Crippen LogP contribution in [0.3, 0.4) is 0 Å². The highest BCUT2D eigenvalue weighted by Gasteiger charge is 2.19. The SMILES string of the molecule is CCCCCNC(=O)/C=C(\C)c1cc2c(-c3ccc4ccccc4c3)coc2c(C)c1OCC. The van der Waals surface area contributed by atoms with Crippen LogP contribution in [0.25, 0.3) is 38.4 Å². The molecule has 0 saturated heterocycles. The highest BCUT2D eigenvalue weighted by atomic mass is 16.5. The molecule has 34 heavy (non-hydrogen) atoms. The molecule has 1 amide bonds. The van der Waals surface area contributed by atoms with Crippen LogP contribution in [0.2, 0.25) is 0 Å². The summed E-state index contributed by atoms with van der Waals surface area (Å²) in [5.41, 5.74) is 5.67. The molecule has 0 bridgehead atoms. The number of amides is 1. The molecule has 4 aromatic rings. The lowest BCUT2D eigenvalue weighted by atomic mass is 9.95. The van der Waals surface area contributed by atoms with Crippen molar-refractivity contribution in [2.45, 2.75) is 47.0 Å². The van der Waals surface area contributed by atoms with Crippen LogP contribution in [-0.2, 0) is 4.79 Å². The minimum absolute atomic E-state index is 0.0734. The summed E-state index contributed by atoms with van der Waals surface area (Å²) in [5, 5.41) is 6.41. The Balaban J connectivity index is 1.77. The van der Waals surface area contributed by atoms with Crippen LogP contribution in [0.15, 0.2) is 65.3 Å². The minimum atomic E-state index is -0.0734. The van der Waals surface area contributed by atoms with E-state index in [1.54, 1.807) is 6.08 Å². The molecule has 1 heterocycles. The van der Waals surface area contributed by atoms with Crippen molar-refractivity contribution >= 4 is 33.2 Å². The number of carbonyl (C=O) groups is 1. The number of benzene rings is 3. The number of hydrogen-bond acceptors (Lipinski definition) is 3. The number of carbonyl (C=O) groups excluding carboxylic acids is 1. The van der Waals surface area contributed by atoms with Crippen molar-refractivity contribution in [1.82, 2.24) is 5.32 Å². The minimum Gasteiger partial charge on any atom is -0.493 e. The van der Waals surface area contributed by atoms with Crippen LogP contribution < -0.4 is 10.1 Å². The Morgan fingerprint density at radius 2 is 1.85 bits per heavy atom. The number of aryl methyl sites for hydroxylation is 1. The summed E-state index contributed by atoms with van der Waals surface area (Å²) in [4.78, 5) is 12.5. The van der Waals surface area contributed by atoms with E-state index in [-0.39, 0.29) is 5.91 Å². The molecular formula is C30H33NO3. The molecular weight excluding hydrogens is 422 g/mol. The second-order valence-corrected chi connectivity index (χ2v) is 8.72. The van der Waals surface area contributed by atoms with Crippen LogP contribution in [0, 0.1) is 6.92 Å². The molecule has 0 radical (unpaired) electrons. The number of unbranched alkanes of at least 4 members (excludes halogenated alkanes) is 2. The molecule has 1 aromatic heterocycles. The number of ether oxygens (including phenoxy) is 1. The zero-order chi connectivity index (χ0) is 24.1. The fourth-order valence-electron chi connectivity index (χ4n) is 4.43. The molecule has 176 valence electrons. The van der Waals surface area contributed by atoms with Gasteiger partial charge < -0.3 is 14.5 Å². The van der Waals surface area contributed by atoms with Crippen LogP contribution in [0.1, 0.15) is 51.2 Å². The summed E-state index contributed by atoms with van der Waals surface area (Å²) < 4.78 is 12.1. The molecule has 0 atom stereocenters. The quantitative estimate of drug-likeness (QED) is 0.208. The average Bonchev–Trinajstić information content (AvgIpc) is 3.27. The van der Waals surface area contributed by atoms with E-state index in [0.29, 0.717) is 13.2 Å². The molecule has 4 heteroatoms. The highest BCUT2D eigenvalue weighted by Crippen LogP contribution is 2.41. The first-order valence-corrected chi connectivity index (χ1v) is 12.2. The zero-order valence-electron chi connectivity index (χ0n) is 20.5. The molecule has 0 aliphatic rings. The first-order valence-electron chi connectivity index (χ1n) is 12.2. The Morgan fingerprint density at radius 1 is 1.06 bits per heavy atom. The number of nitrogens with one attached hydrogen (secondary N) is 1. The van der Waals surface area contributed by atoms with Crippen molar-refractivity contribution in [1.29, 1.82) is 0 Å². The summed E-state index contributed by atoms with van der Waals surface area (Å²) in [6.07, 6.45) is 6.73. The third kappa shape index (κ3) is 4.86. The van der Waals surface area contributed by atoms with Gasteiger partial charge in [-0.1, -0.05) is 56.2 Å². The van der Waals surface area contributed by atoms with Gasteiger partial charge in [-0.05, 0) is 61.2 Å². The van der Waals surface area contributed by atoms with E-state index in [9.17, 15) is 4.79 Å². The lowest BCUT2D eigenvalue weighted by Crippen LogP contribution is -2.22. The Bertz CT molecular complexity index is 1350. The molecule has 0 saturated carbocycles. The predicted molar refractivity (Wildman–Crippen MR) is 141 cm³/mol. The standard InChI is InChI=1S/C30H33NO3/c1-5-7-10-15-31-28(32)16-20(3)25-18-26-27(19-34-30(26)21(4)29(25)33-6-2)24-14-13-22-11-8-9-12-23(22)17-24/h8-9,11-14,16-19H,5-7,10,15H2,1-4H3,(H,31,32)/b20-16+. The van der Waals surface area contributed by atoms with Crippen LogP contribution in [0.4, 0.5) is 0 Å². The van der Waals surface area contributed by atoms with Crippen molar-refractivity contribution in [3.05, 3.63) is 72.0 Å². The largest absolute Gasteiger partial charge is 0.493 e. The second kappa shape index (κ2) is 10.6. The van der Waals surface area contributed by atoms with Crippen molar-refractivity contribution in [3.8, 4) is 16.9 Å². The third-order valence-corrected chi connectivity index (χ3v) is 6.25. The Labute approximate surface area is 201 Å². The van der Waals surface area contributed by atoms with E-state index in [1.165, 1.54) is 10.8 Å². The lowest BCUT2D eigenvalue weighted by Gasteiger charge is -2.15. The number of hydrogen-bond donors (Lipinski definition) is 1. The lowest BCUT2D eigenvalue weighted by molar-refractivity contribution is -0.116. The summed E-state index contributed by atoms with van der Waals surface area (Å²) >= 11 is 0. The van der Waals surface area contributed by atoms with Gasteiger partial charge in [0.05, 0.1) is 12.9 Å². The molecule has 1 N–H and O–H groups in total.